The van der Waals surface area contributed by atoms with Crippen LogP contribution in [0.3, 0.4) is 0 Å². The minimum Gasteiger partial charge on any atom is -0.454 e. The lowest BCUT2D eigenvalue weighted by Crippen LogP contribution is -2.00. The van der Waals surface area contributed by atoms with Gasteiger partial charge in [0.1, 0.15) is 12.4 Å². The Bertz CT molecular complexity index is 919. The van der Waals surface area contributed by atoms with Crippen LogP contribution in [-0.4, -0.2) is 31.6 Å². The zero-order valence-corrected chi connectivity index (χ0v) is 13.0. The smallest absolute Gasteiger partial charge is 0.306 e. The van der Waals surface area contributed by atoms with E-state index in [-0.39, 0.29) is 12.5 Å². The maximum atomic E-state index is 10.6. The zero-order chi connectivity index (χ0) is 17.2. The highest BCUT2D eigenvalue weighted by Gasteiger charge is 2.16. The van der Waals surface area contributed by atoms with Gasteiger partial charge in [-0.3, -0.25) is 14.8 Å². The first-order valence-corrected chi connectivity index (χ1v) is 7.58. The van der Waals surface area contributed by atoms with Crippen LogP contribution in [0.5, 0.6) is 11.5 Å². The van der Waals surface area contributed by atoms with Crippen LogP contribution in [0.1, 0.15) is 12.3 Å². The summed E-state index contributed by atoms with van der Waals surface area (Å²) in [5, 5.41) is 18.5. The SMILES string of the molecule is O=[N+]([O-])c1cnn(CCCc2nc(-c3ccc4c(c3)OCO4)no2)c1. The minimum atomic E-state index is -0.473. The highest BCUT2D eigenvalue weighted by molar-refractivity contribution is 5.61. The van der Waals surface area contributed by atoms with Gasteiger partial charge in [0.2, 0.25) is 18.5 Å². The molecule has 4 rings (SSSR count). The van der Waals surface area contributed by atoms with Crippen LogP contribution in [0.25, 0.3) is 11.4 Å². The summed E-state index contributed by atoms with van der Waals surface area (Å²) < 4.78 is 17.4. The van der Waals surface area contributed by atoms with Crippen LogP contribution < -0.4 is 9.47 Å². The minimum absolute atomic E-state index is 0.0251. The number of hydrogen-bond acceptors (Lipinski definition) is 8. The standard InChI is InChI=1S/C15H13N5O5/c21-20(22)11-7-16-19(8-11)5-1-2-14-17-15(18-25-14)10-3-4-12-13(6-10)24-9-23-12/h3-4,6-8H,1-2,5,9H2. The van der Waals surface area contributed by atoms with Gasteiger partial charge in [-0.2, -0.15) is 10.1 Å². The number of fused-ring (bicyclic) bond motifs is 1. The molecule has 0 radical (unpaired) electrons. The molecule has 0 aliphatic carbocycles. The Morgan fingerprint density at radius 2 is 2.16 bits per heavy atom. The monoisotopic (exact) mass is 343 g/mol. The molecule has 10 heteroatoms. The summed E-state index contributed by atoms with van der Waals surface area (Å²) in [6, 6.07) is 5.45. The number of aromatic nitrogens is 4. The molecule has 0 unspecified atom stereocenters. The van der Waals surface area contributed by atoms with Gasteiger partial charge in [-0.05, 0) is 24.6 Å². The van der Waals surface area contributed by atoms with Crippen molar-refractivity contribution >= 4 is 5.69 Å². The van der Waals surface area contributed by atoms with Gasteiger partial charge in [0.05, 0.1) is 4.92 Å². The maximum Gasteiger partial charge on any atom is 0.306 e. The van der Waals surface area contributed by atoms with Gasteiger partial charge in [0, 0.05) is 18.5 Å². The lowest BCUT2D eigenvalue weighted by atomic mass is 10.2. The Balaban J connectivity index is 1.37. The summed E-state index contributed by atoms with van der Waals surface area (Å²) in [6.45, 7) is 0.734. The number of benzene rings is 1. The number of rotatable bonds is 6. The molecule has 0 N–H and O–H groups in total. The number of nitro groups is 1. The fraction of sp³-hybridized carbons (Fsp3) is 0.267. The van der Waals surface area contributed by atoms with Crippen molar-refractivity contribution in [2.45, 2.75) is 19.4 Å². The second-order valence-electron chi connectivity index (χ2n) is 5.40. The molecule has 0 spiro atoms. The largest absolute Gasteiger partial charge is 0.454 e. The molecule has 0 saturated carbocycles. The van der Waals surface area contributed by atoms with Gasteiger partial charge in [-0.15, -0.1) is 0 Å². The van der Waals surface area contributed by atoms with Crippen molar-refractivity contribution in [3.05, 3.63) is 46.6 Å². The summed E-state index contributed by atoms with van der Waals surface area (Å²) in [5.74, 6) is 2.32. The Hall–Kier alpha value is -3.43. The van der Waals surface area contributed by atoms with E-state index in [1.807, 2.05) is 6.07 Å². The molecule has 1 aromatic carbocycles. The Kier molecular flexibility index (Phi) is 3.77. The maximum absolute atomic E-state index is 10.6. The zero-order valence-electron chi connectivity index (χ0n) is 13.0. The van der Waals surface area contributed by atoms with Crippen molar-refractivity contribution in [2.75, 3.05) is 6.79 Å². The first-order chi connectivity index (χ1) is 12.2. The second-order valence-corrected chi connectivity index (χ2v) is 5.40. The van der Waals surface area contributed by atoms with Crippen molar-refractivity contribution in [1.29, 1.82) is 0 Å². The first kappa shape index (κ1) is 15.1. The van der Waals surface area contributed by atoms with E-state index in [4.69, 9.17) is 14.0 Å². The van der Waals surface area contributed by atoms with E-state index >= 15 is 0 Å². The van der Waals surface area contributed by atoms with E-state index in [9.17, 15) is 10.1 Å². The highest BCUT2D eigenvalue weighted by Crippen LogP contribution is 2.35. The molecular formula is C15H13N5O5. The average Bonchev–Trinajstić information content (AvgIpc) is 3.34. The molecule has 0 saturated heterocycles. The van der Waals surface area contributed by atoms with Crippen molar-refractivity contribution in [2.24, 2.45) is 0 Å². The van der Waals surface area contributed by atoms with E-state index in [0.29, 0.717) is 42.6 Å². The van der Waals surface area contributed by atoms with Gasteiger partial charge >= 0.3 is 5.69 Å². The van der Waals surface area contributed by atoms with Crippen molar-refractivity contribution in [1.82, 2.24) is 19.9 Å². The molecule has 0 atom stereocenters. The highest BCUT2D eigenvalue weighted by atomic mass is 16.7. The molecular weight excluding hydrogens is 330 g/mol. The van der Waals surface area contributed by atoms with E-state index < -0.39 is 4.92 Å². The molecule has 10 nitrogen and oxygen atoms in total. The van der Waals surface area contributed by atoms with Crippen molar-refractivity contribution in [3.63, 3.8) is 0 Å². The molecule has 3 aromatic rings. The predicted molar refractivity (Wildman–Crippen MR) is 83.1 cm³/mol. The van der Waals surface area contributed by atoms with E-state index in [1.165, 1.54) is 17.1 Å². The summed E-state index contributed by atoms with van der Waals surface area (Å²) in [5.41, 5.74) is 0.754. The van der Waals surface area contributed by atoms with Crippen molar-refractivity contribution in [3.8, 4) is 22.9 Å². The first-order valence-electron chi connectivity index (χ1n) is 7.58. The molecule has 2 aromatic heterocycles. The Morgan fingerprint density at radius 3 is 3.00 bits per heavy atom. The fourth-order valence-corrected chi connectivity index (χ4v) is 2.47. The normalized spacial score (nSPS) is 12.5. The van der Waals surface area contributed by atoms with Crippen LogP contribution in [0.15, 0.2) is 35.1 Å². The Morgan fingerprint density at radius 1 is 1.28 bits per heavy atom. The topological polar surface area (TPSA) is 118 Å². The summed E-state index contributed by atoms with van der Waals surface area (Å²) in [7, 11) is 0. The van der Waals surface area contributed by atoms with E-state index in [0.717, 1.165) is 5.56 Å². The molecule has 1 aliphatic rings. The number of ether oxygens (including phenoxy) is 2. The van der Waals surface area contributed by atoms with E-state index in [2.05, 4.69) is 15.2 Å². The number of hydrogen-bond donors (Lipinski definition) is 0. The lowest BCUT2D eigenvalue weighted by molar-refractivity contribution is -0.385. The summed E-state index contributed by atoms with van der Waals surface area (Å²) in [6.07, 6.45) is 3.84. The van der Waals surface area contributed by atoms with Gasteiger partial charge in [0.25, 0.3) is 0 Å². The molecule has 25 heavy (non-hydrogen) atoms. The van der Waals surface area contributed by atoms with Crippen LogP contribution in [-0.2, 0) is 13.0 Å². The molecule has 0 bridgehead atoms. The number of aryl methyl sites for hydroxylation is 2. The lowest BCUT2D eigenvalue weighted by Gasteiger charge is -1.98. The molecule has 1 aliphatic heterocycles. The summed E-state index contributed by atoms with van der Waals surface area (Å²) in [4.78, 5) is 14.5. The molecule has 128 valence electrons. The van der Waals surface area contributed by atoms with Crippen LogP contribution in [0.4, 0.5) is 5.69 Å². The van der Waals surface area contributed by atoms with Gasteiger partial charge in [-0.1, -0.05) is 5.16 Å². The van der Waals surface area contributed by atoms with Gasteiger partial charge < -0.3 is 14.0 Å². The van der Waals surface area contributed by atoms with Gasteiger partial charge in [-0.25, -0.2) is 0 Å². The average molecular weight is 343 g/mol. The van der Waals surface area contributed by atoms with Crippen LogP contribution >= 0.6 is 0 Å². The van der Waals surface area contributed by atoms with E-state index in [1.54, 1.807) is 12.1 Å². The summed E-state index contributed by atoms with van der Waals surface area (Å²) >= 11 is 0. The van der Waals surface area contributed by atoms with Crippen LogP contribution in [0.2, 0.25) is 0 Å². The molecule has 3 heterocycles. The molecule has 0 amide bonds. The number of nitrogens with zero attached hydrogens (tertiary/aromatic N) is 5. The fourth-order valence-electron chi connectivity index (χ4n) is 2.47. The Labute approximate surface area is 141 Å². The predicted octanol–water partition coefficient (Wildman–Crippen LogP) is 2.20. The van der Waals surface area contributed by atoms with Crippen molar-refractivity contribution < 1.29 is 18.9 Å². The van der Waals surface area contributed by atoms with Gasteiger partial charge in [0.15, 0.2) is 11.5 Å². The molecule has 0 fully saturated rings. The second kappa shape index (κ2) is 6.23. The third-order valence-electron chi connectivity index (χ3n) is 3.71. The quantitative estimate of drug-likeness (QED) is 0.493. The van der Waals surface area contributed by atoms with Crippen LogP contribution in [0, 0.1) is 10.1 Å². The third-order valence-corrected chi connectivity index (χ3v) is 3.71. The third kappa shape index (κ3) is 3.13.